The molecule has 0 radical (unpaired) electrons. The molecule has 3 aromatic carbocycles. The second kappa shape index (κ2) is 7.40. The third-order valence-electron chi connectivity index (χ3n) is 6.11. The van der Waals surface area contributed by atoms with Gasteiger partial charge in [-0.1, -0.05) is 72.8 Å². The van der Waals surface area contributed by atoms with Gasteiger partial charge in [0.15, 0.2) is 5.65 Å². The van der Waals surface area contributed by atoms with Crippen LogP contribution in [0.1, 0.15) is 11.1 Å². The summed E-state index contributed by atoms with van der Waals surface area (Å²) in [4.78, 5) is 11.9. The van der Waals surface area contributed by atoms with E-state index >= 15 is 0 Å². The van der Waals surface area contributed by atoms with Gasteiger partial charge in [0.1, 0.15) is 12.1 Å². The fourth-order valence-corrected chi connectivity index (χ4v) is 4.58. The van der Waals surface area contributed by atoms with Crippen molar-refractivity contribution in [2.75, 3.05) is 11.4 Å². The van der Waals surface area contributed by atoms with E-state index in [0.717, 1.165) is 47.6 Å². The Morgan fingerprint density at radius 2 is 1.42 bits per heavy atom. The predicted molar refractivity (Wildman–Crippen MR) is 125 cm³/mol. The zero-order valence-corrected chi connectivity index (χ0v) is 17.1. The van der Waals surface area contributed by atoms with Gasteiger partial charge in [0, 0.05) is 30.5 Å². The van der Waals surface area contributed by atoms with Crippen LogP contribution in [0.3, 0.4) is 0 Å². The number of hydrogen-bond donors (Lipinski definition) is 0. The molecule has 0 amide bonds. The molecule has 4 nitrogen and oxygen atoms in total. The molecule has 31 heavy (non-hydrogen) atoms. The summed E-state index contributed by atoms with van der Waals surface area (Å²) in [6, 6.07) is 29.7. The number of hydrogen-bond acceptors (Lipinski definition) is 3. The van der Waals surface area contributed by atoms with Gasteiger partial charge in [-0.05, 0) is 35.2 Å². The Bertz CT molecular complexity index is 1360. The second-order valence-corrected chi connectivity index (χ2v) is 7.95. The number of aromatic nitrogens is 3. The van der Waals surface area contributed by atoms with E-state index in [1.54, 1.807) is 6.33 Å². The maximum absolute atomic E-state index is 4.80. The highest BCUT2D eigenvalue weighted by Gasteiger charge is 2.23. The molecule has 5 aromatic rings. The SMILES string of the molecule is c1ccc(-c2cn(-c3ccccc3)c3ncnc(N4CCc5ccccc5C4)c23)cc1. The Morgan fingerprint density at radius 1 is 0.710 bits per heavy atom. The fraction of sp³-hybridized carbons (Fsp3) is 0.111. The number of anilines is 1. The van der Waals surface area contributed by atoms with E-state index < -0.39 is 0 Å². The third kappa shape index (κ3) is 3.08. The minimum atomic E-state index is 0.868. The molecule has 2 aromatic heterocycles. The maximum atomic E-state index is 4.80. The molecule has 3 heterocycles. The molecule has 0 N–H and O–H groups in total. The van der Waals surface area contributed by atoms with E-state index in [2.05, 4.69) is 94.5 Å². The van der Waals surface area contributed by atoms with E-state index in [4.69, 9.17) is 9.97 Å². The molecule has 4 heteroatoms. The van der Waals surface area contributed by atoms with Crippen LogP contribution in [0.2, 0.25) is 0 Å². The molecule has 0 bridgehead atoms. The summed E-state index contributed by atoms with van der Waals surface area (Å²) in [5.74, 6) is 1.01. The molecule has 0 fully saturated rings. The van der Waals surface area contributed by atoms with Gasteiger partial charge in [-0.25, -0.2) is 9.97 Å². The van der Waals surface area contributed by atoms with Gasteiger partial charge in [0.05, 0.1) is 5.39 Å². The monoisotopic (exact) mass is 402 g/mol. The van der Waals surface area contributed by atoms with Crippen molar-refractivity contribution < 1.29 is 0 Å². The first kappa shape index (κ1) is 17.9. The largest absolute Gasteiger partial charge is 0.351 e. The maximum Gasteiger partial charge on any atom is 0.150 e. The van der Waals surface area contributed by atoms with Crippen molar-refractivity contribution in [2.45, 2.75) is 13.0 Å². The summed E-state index contributed by atoms with van der Waals surface area (Å²) in [5, 5.41) is 1.11. The topological polar surface area (TPSA) is 34.0 Å². The quantitative estimate of drug-likeness (QED) is 0.391. The molecule has 0 saturated heterocycles. The first-order valence-electron chi connectivity index (χ1n) is 10.7. The summed E-state index contributed by atoms with van der Waals surface area (Å²) in [6.45, 7) is 1.82. The molecule has 6 rings (SSSR count). The lowest BCUT2D eigenvalue weighted by atomic mass is 9.99. The average molecular weight is 403 g/mol. The van der Waals surface area contributed by atoms with E-state index in [1.165, 1.54) is 16.7 Å². The zero-order chi connectivity index (χ0) is 20.6. The van der Waals surface area contributed by atoms with Crippen molar-refractivity contribution >= 4 is 16.9 Å². The van der Waals surface area contributed by atoms with Crippen LogP contribution in [-0.4, -0.2) is 21.1 Å². The summed E-state index contributed by atoms with van der Waals surface area (Å²) in [7, 11) is 0. The Morgan fingerprint density at radius 3 is 2.23 bits per heavy atom. The zero-order valence-electron chi connectivity index (χ0n) is 17.1. The average Bonchev–Trinajstić information content (AvgIpc) is 3.25. The second-order valence-electron chi connectivity index (χ2n) is 7.95. The molecule has 1 aliphatic heterocycles. The summed E-state index contributed by atoms with van der Waals surface area (Å²) < 4.78 is 2.18. The molecule has 0 unspecified atom stereocenters. The van der Waals surface area contributed by atoms with Crippen molar-refractivity contribution in [2.24, 2.45) is 0 Å². The number of benzene rings is 3. The van der Waals surface area contributed by atoms with Crippen LogP contribution in [0.4, 0.5) is 5.82 Å². The molecule has 1 aliphatic rings. The lowest BCUT2D eigenvalue weighted by molar-refractivity contribution is 0.723. The molecule has 0 atom stereocenters. The number of para-hydroxylation sites is 1. The first-order chi connectivity index (χ1) is 15.4. The van der Waals surface area contributed by atoms with Gasteiger partial charge in [0.2, 0.25) is 0 Å². The smallest absolute Gasteiger partial charge is 0.150 e. The van der Waals surface area contributed by atoms with Gasteiger partial charge in [-0.2, -0.15) is 0 Å². The molecule has 0 saturated carbocycles. The van der Waals surface area contributed by atoms with Gasteiger partial charge < -0.3 is 9.47 Å². The van der Waals surface area contributed by atoms with Crippen molar-refractivity contribution in [3.05, 3.63) is 109 Å². The van der Waals surface area contributed by atoms with Crippen LogP contribution in [0, 0.1) is 0 Å². The first-order valence-corrected chi connectivity index (χ1v) is 10.7. The van der Waals surface area contributed by atoms with Crippen molar-refractivity contribution in [3.63, 3.8) is 0 Å². The summed E-state index contributed by atoms with van der Waals surface area (Å²) in [6.07, 6.45) is 4.93. The standard InChI is InChI=1S/C27H22N4/c1-3-10-21(11-4-1)24-18-31(23-13-5-2-6-14-23)27-25(24)26(28-19-29-27)30-16-15-20-9-7-8-12-22(20)17-30/h1-14,18-19H,15-17H2. The lowest BCUT2D eigenvalue weighted by Gasteiger charge is -2.30. The summed E-state index contributed by atoms with van der Waals surface area (Å²) >= 11 is 0. The highest BCUT2D eigenvalue weighted by atomic mass is 15.2. The van der Waals surface area contributed by atoms with Crippen LogP contribution < -0.4 is 4.90 Å². The van der Waals surface area contributed by atoms with Crippen LogP contribution in [0.15, 0.2) is 97.5 Å². The van der Waals surface area contributed by atoms with E-state index in [9.17, 15) is 0 Å². The highest BCUT2D eigenvalue weighted by Crippen LogP contribution is 2.38. The van der Waals surface area contributed by atoms with Crippen LogP contribution in [0.5, 0.6) is 0 Å². The number of rotatable bonds is 3. The Balaban J connectivity index is 1.57. The Kier molecular flexibility index (Phi) is 4.27. The number of fused-ring (bicyclic) bond motifs is 2. The van der Waals surface area contributed by atoms with E-state index in [1.807, 2.05) is 6.07 Å². The van der Waals surface area contributed by atoms with Crippen molar-refractivity contribution in [3.8, 4) is 16.8 Å². The van der Waals surface area contributed by atoms with Gasteiger partial charge in [0.25, 0.3) is 0 Å². The minimum Gasteiger partial charge on any atom is -0.351 e. The molecular weight excluding hydrogens is 380 g/mol. The summed E-state index contributed by atoms with van der Waals surface area (Å²) in [5.41, 5.74) is 7.19. The van der Waals surface area contributed by atoms with Crippen molar-refractivity contribution in [1.29, 1.82) is 0 Å². The lowest BCUT2D eigenvalue weighted by Crippen LogP contribution is -2.31. The van der Waals surface area contributed by atoms with Crippen molar-refractivity contribution in [1.82, 2.24) is 14.5 Å². The fourth-order valence-electron chi connectivity index (χ4n) is 4.58. The highest BCUT2D eigenvalue weighted by molar-refractivity contribution is 6.02. The number of nitrogens with zero attached hydrogens (tertiary/aromatic N) is 4. The van der Waals surface area contributed by atoms with Gasteiger partial charge >= 0.3 is 0 Å². The normalized spacial score (nSPS) is 13.4. The minimum absolute atomic E-state index is 0.868. The van der Waals surface area contributed by atoms with Crippen LogP contribution in [0.25, 0.3) is 27.8 Å². The van der Waals surface area contributed by atoms with E-state index in [0.29, 0.717) is 0 Å². The molecule has 0 spiro atoms. The van der Waals surface area contributed by atoms with Crippen LogP contribution in [-0.2, 0) is 13.0 Å². The van der Waals surface area contributed by atoms with Crippen LogP contribution >= 0.6 is 0 Å². The Labute approximate surface area is 181 Å². The predicted octanol–water partition coefficient (Wildman–Crippen LogP) is 5.65. The van der Waals surface area contributed by atoms with Gasteiger partial charge in [-0.3, -0.25) is 0 Å². The Hall–Kier alpha value is -3.92. The molecule has 150 valence electrons. The molecular formula is C27H22N4. The third-order valence-corrected chi connectivity index (χ3v) is 6.11. The molecule has 0 aliphatic carbocycles. The van der Waals surface area contributed by atoms with E-state index in [-0.39, 0.29) is 0 Å². The van der Waals surface area contributed by atoms with Gasteiger partial charge in [-0.15, -0.1) is 0 Å².